The summed E-state index contributed by atoms with van der Waals surface area (Å²) in [6.45, 7) is 2.05. The Morgan fingerprint density at radius 3 is 2.75 bits per heavy atom. The molecule has 1 atom stereocenters. The molecule has 0 bridgehead atoms. The third-order valence-electron chi connectivity index (χ3n) is 2.25. The highest BCUT2D eigenvalue weighted by atomic mass is 31.1. The lowest BCUT2D eigenvalue weighted by molar-refractivity contribution is 0.592. The molecule has 1 aromatic carbocycles. The Balaban J connectivity index is 2.26. The van der Waals surface area contributed by atoms with Crippen molar-refractivity contribution in [2.45, 2.75) is 25.4 Å². The number of hydrogen-bond acceptors (Lipinski definition) is 1. The summed E-state index contributed by atoms with van der Waals surface area (Å²) in [6.07, 6.45) is 2.34. The zero-order valence-corrected chi connectivity index (χ0v) is 8.21. The molecule has 1 unspecified atom stereocenters. The normalized spacial score (nSPS) is 19.1. The van der Waals surface area contributed by atoms with E-state index in [2.05, 4.69) is 6.07 Å². The van der Waals surface area contributed by atoms with E-state index in [4.69, 9.17) is 0 Å². The molecule has 1 aliphatic rings. The largest absolute Gasteiger partial charge is 0.322 e. The molecule has 1 saturated carbocycles. The molecule has 12 heavy (non-hydrogen) atoms. The second kappa shape index (κ2) is 3.06. The summed E-state index contributed by atoms with van der Waals surface area (Å²) in [5.74, 6) is 0. The molecule has 2 rings (SSSR count). The SMILES string of the molecule is Cc1cccc([PH](=O)C2CC2)c1. The third-order valence-corrected chi connectivity index (χ3v) is 4.45. The van der Waals surface area contributed by atoms with Crippen molar-refractivity contribution in [2.75, 3.05) is 0 Å². The molecule has 64 valence electrons. The van der Waals surface area contributed by atoms with Gasteiger partial charge in [-0.05, 0) is 25.8 Å². The highest BCUT2D eigenvalue weighted by Crippen LogP contribution is 2.43. The van der Waals surface area contributed by atoms with Crippen molar-refractivity contribution in [2.24, 2.45) is 0 Å². The topological polar surface area (TPSA) is 17.1 Å². The second-order valence-corrected chi connectivity index (χ2v) is 5.63. The van der Waals surface area contributed by atoms with Crippen LogP contribution in [-0.4, -0.2) is 5.66 Å². The van der Waals surface area contributed by atoms with Crippen LogP contribution in [0.4, 0.5) is 0 Å². The fourth-order valence-corrected chi connectivity index (χ4v) is 3.17. The molecule has 1 fully saturated rings. The van der Waals surface area contributed by atoms with E-state index in [1.165, 1.54) is 18.4 Å². The highest BCUT2D eigenvalue weighted by molar-refractivity contribution is 7.54. The van der Waals surface area contributed by atoms with Gasteiger partial charge in [0.2, 0.25) is 0 Å². The van der Waals surface area contributed by atoms with Crippen molar-refractivity contribution < 1.29 is 4.57 Å². The maximum Gasteiger partial charge on any atom is 0.107 e. The van der Waals surface area contributed by atoms with Gasteiger partial charge in [-0.25, -0.2) is 0 Å². The van der Waals surface area contributed by atoms with E-state index in [0.29, 0.717) is 5.66 Å². The summed E-state index contributed by atoms with van der Waals surface area (Å²) < 4.78 is 11.7. The van der Waals surface area contributed by atoms with Gasteiger partial charge < -0.3 is 4.57 Å². The second-order valence-electron chi connectivity index (χ2n) is 3.51. The Morgan fingerprint density at radius 2 is 2.17 bits per heavy atom. The molecule has 1 aliphatic carbocycles. The lowest BCUT2D eigenvalue weighted by Crippen LogP contribution is -1.98. The number of benzene rings is 1. The van der Waals surface area contributed by atoms with E-state index < -0.39 is 7.80 Å². The van der Waals surface area contributed by atoms with Gasteiger partial charge in [-0.2, -0.15) is 0 Å². The lowest BCUT2D eigenvalue weighted by atomic mass is 10.2. The smallest absolute Gasteiger partial charge is 0.107 e. The van der Waals surface area contributed by atoms with Crippen LogP contribution >= 0.6 is 7.80 Å². The van der Waals surface area contributed by atoms with Gasteiger partial charge in [-0.1, -0.05) is 23.8 Å². The quantitative estimate of drug-likeness (QED) is 0.638. The molecule has 0 N–H and O–H groups in total. The first kappa shape index (κ1) is 8.07. The Labute approximate surface area is 73.6 Å². The highest BCUT2D eigenvalue weighted by Gasteiger charge is 2.28. The summed E-state index contributed by atoms with van der Waals surface area (Å²) in [6, 6.07) is 8.09. The Bertz CT molecular complexity index is 315. The van der Waals surface area contributed by atoms with E-state index >= 15 is 0 Å². The van der Waals surface area contributed by atoms with Crippen LogP contribution in [0.2, 0.25) is 0 Å². The zero-order chi connectivity index (χ0) is 8.55. The van der Waals surface area contributed by atoms with Crippen LogP contribution in [0, 0.1) is 6.92 Å². The molecule has 0 aromatic heterocycles. The molecule has 1 nitrogen and oxygen atoms in total. The van der Waals surface area contributed by atoms with E-state index in [1.54, 1.807) is 0 Å². The van der Waals surface area contributed by atoms with Crippen LogP contribution < -0.4 is 5.30 Å². The molecule has 0 aliphatic heterocycles. The van der Waals surface area contributed by atoms with Crippen LogP contribution in [0.3, 0.4) is 0 Å². The molecular weight excluding hydrogens is 167 g/mol. The Hall–Kier alpha value is -0.550. The monoisotopic (exact) mass is 180 g/mol. The van der Waals surface area contributed by atoms with Crippen LogP contribution in [0.25, 0.3) is 0 Å². The van der Waals surface area contributed by atoms with Gasteiger partial charge in [0.25, 0.3) is 0 Å². The van der Waals surface area contributed by atoms with Gasteiger partial charge in [0.1, 0.15) is 7.80 Å². The van der Waals surface area contributed by atoms with Gasteiger partial charge in [0, 0.05) is 11.0 Å². The van der Waals surface area contributed by atoms with Crippen LogP contribution in [0.15, 0.2) is 24.3 Å². The summed E-state index contributed by atoms with van der Waals surface area (Å²) in [4.78, 5) is 0. The summed E-state index contributed by atoms with van der Waals surface area (Å²) in [5.41, 5.74) is 1.74. The zero-order valence-electron chi connectivity index (χ0n) is 7.21. The first-order chi connectivity index (χ1) is 5.77. The van der Waals surface area contributed by atoms with E-state index in [9.17, 15) is 4.57 Å². The molecule has 0 radical (unpaired) electrons. The number of rotatable bonds is 2. The average molecular weight is 180 g/mol. The van der Waals surface area contributed by atoms with Crippen molar-refractivity contribution in [3.63, 3.8) is 0 Å². The Kier molecular flexibility index (Phi) is 2.06. The maximum absolute atomic E-state index is 11.7. The minimum Gasteiger partial charge on any atom is -0.322 e. The van der Waals surface area contributed by atoms with Crippen LogP contribution in [0.1, 0.15) is 18.4 Å². The van der Waals surface area contributed by atoms with Crippen molar-refractivity contribution in [3.8, 4) is 0 Å². The fourth-order valence-electron chi connectivity index (χ4n) is 1.38. The number of aryl methyl sites for hydroxylation is 1. The fraction of sp³-hybridized carbons (Fsp3) is 0.400. The molecule has 0 saturated heterocycles. The van der Waals surface area contributed by atoms with Crippen molar-refractivity contribution in [1.29, 1.82) is 0 Å². The van der Waals surface area contributed by atoms with Gasteiger partial charge in [-0.15, -0.1) is 0 Å². The standard InChI is InChI=1S/C10H13OP/c1-8-3-2-4-10(7-8)12(11)9-5-6-9/h2-4,7,9,12H,5-6H2,1H3. The minimum absolute atomic E-state index is 0.525. The van der Waals surface area contributed by atoms with Gasteiger partial charge >= 0.3 is 0 Å². The molecule has 0 amide bonds. The lowest BCUT2D eigenvalue weighted by Gasteiger charge is -2.00. The first-order valence-corrected chi connectivity index (χ1v) is 5.87. The predicted molar refractivity (Wildman–Crippen MR) is 52.8 cm³/mol. The first-order valence-electron chi connectivity index (χ1n) is 4.38. The van der Waals surface area contributed by atoms with E-state index in [0.717, 1.165) is 5.30 Å². The van der Waals surface area contributed by atoms with Crippen molar-refractivity contribution in [1.82, 2.24) is 0 Å². The van der Waals surface area contributed by atoms with Crippen LogP contribution in [0.5, 0.6) is 0 Å². The minimum atomic E-state index is -1.45. The molecule has 1 aromatic rings. The van der Waals surface area contributed by atoms with Crippen molar-refractivity contribution >= 4 is 13.1 Å². The van der Waals surface area contributed by atoms with E-state index in [1.807, 2.05) is 25.1 Å². The van der Waals surface area contributed by atoms with E-state index in [-0.39, 0.29) is 0 Å². The molecule has 2 heteroatoms. The molecule has 0 heterocycles. The van der Waals surface area contributed by atoms with Crippen molar-refractivity contribution in [3.05, 3.63) is 29.8 Å². The molecule has 0 spiro atoms. The summed E-state index contributed by atoms with van der Waals surface area (Å²) >= 11 is 0. The van der Waals surface area contributed by atoms with Gasteiger partial charge in [-0.3, -0.25) is 0 Å². The maximum atomic E-state index is 11.7. The van der Waals surface area contributed by atoms with Crippen LogP contribution in [-0.2, 0) is 4.57 Å². The van der Waals surface area contributed by atoms with Gasteiger partial charge in [0.05, 0.1) is 0 Å². The number of hydrogen-bond donors (Lipinski definition) is 0. The third kappa shape index (κ3) is 1.61. The average Bonchev–Trinajstić information content (AvgIpc) is 2.85. The Morgan fingerprint density at radius 1 is 1.42 bits per heavy atom. The summed E-state index contributed by atoms with van der Waals surface area (Å²) in [5, 5.41) is 1.07. The molecular formula is C10H13OP. The van der Waals surface area contributed by atoms with Gasteiger partial charge in [0.15, 0.2) is 0 Å². The summed E-state index contributed by atoms with van der Waals surface area (Å²) in [7, 11) is -1.45. The predicted octanol–water partition coefficient (Wildman–Crippen LogP) is 2.34.